The molecule has 3 nitrogen and oxygen atoms in total. The van der Waals surface area contributed by atoms with Crippen molar-refractivity contribution in [2.24, 2.45) is 0 Å². The van der Waals surface area contributed by atoms with Crippen LogP contribution in [0.15, 0.2) is 16.5 Å². The van der Waals surface area contributed by atoms with Crippen molar-refractivity contribution in [1.29, 1.82) is 0 Å². The van der Waals surface area contributed by atoms with Gasteiger partial charge in [-0.2, -0.15) is 0 Å². The van der Waals surface area contributed by atoms with Crippen LogP contribution >= 0.6 is 0 Å². The molecule has 18 heavy (non-hydrogen) atoms. The van der Waals surface area contributed by atoms with Crippen molar-refractivity contribution in [3.8, 4) is 0 Å². The van der Waals surface area contributed by atoms with E-state index in [9.17, 15) is 0 Å². The molecule has 2 rings (SSSR count). The van der Waals surface area contributed by atoms with Gasteiger partial charge in [-0.3, -0.25) is 4.90 Å². The lowest BCUT2D eigenvalue weighted by Gasteiger charge is -2.21. The molecule has 3 heteroatoms. The van der Waals surface area contributed by atoms with Crippen LogP contribution in [0.5, 0.6) is 0 Å². The monoisotopic (exact) mass is 250 g/mol. The molecule has 0 radical (unpaired) electrons. The third-order valence-electron chi connectivity index (χ3n) is 3.77. The van der Waals surface area contributed by atoms with Gasteiger partial charge in [-0.25, -0.2) is 0 Å². The van der Waals surface area contributed by atoms with E-state index in [4.69, 9.17) is 4.42 Å². The molecule has 0 amide bonds. The first-order chi connectivity index (χ1) is 8.83. The molecule has 0 aliphatic carbocycles. The second-order valence-electron chi connectivity index (χ2n) is 5.22. The van der Waals surface area contributed by atoms with Crippen LogP contribution in [0.3, 0.4) is 0 Å². The average molecular weight is 250 g/mol. The van der Waals surface area contributed by atoms with Crippen LogP contribution in [0.1, 0.15) is 51.1 Å². The van der Waals surface area contributed by atoms with Crippen LogP contribution in [-0.4, -0.2) is 24.0 Å². The van der Waals surface area contributed by atoms with Gasteiger partial charge in [0, 0.05) is 6.04 Å². The molecule has 1 aliphatic heterocycles. The van der Waals surface area contributed by atoms with E-state index in [-0.39, 0.29) is 0 Å². The van der Waals surface area contributed by atoms with Crippen molar-refractivity contribution in [2.75, 3.05) is 13.1 Å². The molecule has 1 unspecified atom stereocenters. The lowest BCUT2D eigenvalue weighted by Crippen LogP contribution is -2.27. The van der Waals surface area contributed by atoms with Gasteiger partial charge in [-0.05, 0) is 50.9 Å². The first-order valence-corrected chi connectivity index (χ1v) is 7.35. The van der Waals surface area contributed by atoms with Crippen LogP contribution in [0.4, 0.5) is 0 Å². The molecule has 1 atom stereocenters. The Morgan fingerprint density at radius 2 is 2.17 bits per heavy atom. The third-order valence-corrected chi connectivity index (χ3v) is 3.77. The zero-order valence-electron chi connectivity index (χ0n) is 11.7. The SMILES string of the molecule is CCCNCc1ccc(CN2CCCC2CC)o1. The summed E-state index contributed by atoms with van der Waals surface area (Å²) in [7, 11) is 0. The molecule has 1 aromatic heterocycles. The summed E-state index contributed by atoms with van der Waals surface area (Å²) in [6.07, 6.45) is 5.11. The molecule has 0 spiro atoms. The summed E-state index contributed by atoms with van der Waals surface area (Å²) in [6.45, 7) is 8.57. The molecule has 0 saturated carbocycles. The van der Waals surface area contributed by atoms with Gasteiger partial charge in [-0.1, -0.05) is 13.8 Å². The summed E-state index contributed by atoms with van der Waals surface area (Å²) in [5, 5.41) is 3.37. The van der Waals surface area contributed by atoms with Crippen LogP contribution in [0.2, 0.25) is 0 Å². The van der Waals surface area contributed by atoms with E-state index >= 15 is 0 Å². The molecular formula is C15H26N2O. The van der Waals surface area contributed by atoms with Crippen molar-refractivity contribution >= 4 is 0 Å². The Labute approximate surface area is 111 Å². The van der Waals surface area contributed by atoms with Crippen LogP contribution in [-0.2, 0) is 13.1 Å². The van der Waals surface area contributed by atoms with Crippen molar-refractivity contribution in [1.82, 2.24) is 10.2 Å². The summed E-state index contributed by atoms with van der Waals surface area (Å²) in [4.78, 5) is 2.56. The van der Waals surface area contributed by atoms with Gasteiger partial charge in [0.1, 0.15) is 11.5 Å². The number of nitrogens with one attached hydrogen (secondary N) is 1. The predicted molar refractivity (Wildman–Crippen MR) is 74.4 cm³/mol. The van der Waals surface area contributed by atoms with Gasteiger partial charge in [-0.15, -0.1) is 0 Å². The zero-order chi connectivity index (χ0) is 12.8. The molecule has 0 bridgehead atoms. The molecule has 1 fully saturated rings. The second kappa shape index (κ2) is 6.95. The summed E-state index contributed by atoms with van der Waals surface area (Å²) >= 11 is 0. The van der Waals surface area contributed by atoms with Gasteiger partial charge in [0.25, 0.3) is 0 Å². The lowest BCUT2D eigenvalue weighted by atomic mass is 10.2. The minimum Gasteiger partial charge on any atom is -0.463 e. The van der Waals surface area contributed by atoms with E-state index in [1.807, 2.05) is 0 Å². The Balaban J connectivity index is 1.82. The van der Waals surface area contributed by atoms with Crippen molar-refractivity contribution in [3.05, 3.63) is 23.7 Å². The number of rotatable bonds is 7. The van der Waals surface area contributed by atoms with Gasteiger partial charge < -0.3 is 9.73 Å². The van der Waals surface area contributed by atoms with E-state index in [0.717, 1.165) is 37.2 Å². The smallest absolute Gasteiger partial charge is 0.118 e. The van der Waals surface area contributed by atoms with Crippen molar-refractivity contribution in [3.63, 3.8) is 0 Å². The van der Waals surface area contributed by atoms with E-state index in [1.54, 1.807) is 0 Å². The minimum absolute atomic E-state index is 0.761. The molecule has 1 aromatic rings. The molecule has 2 heterocycles. The zero-order valence-corrected chi connectivity index (χ0v) is 11.7. The standard InChI is InChI=1S/C15H26N2O/c1-3-9-16-11-14-7-8-15(18-14)12-17-10-5-6-13(17)4-2/h7-8,13,16H,3-6,9-12H2,1-2H3. The number of furan rings is 1. The molecule has 1 N–H and O–H groups in total. The highest BCUT2D eigenvalue weighted by atomic mass is 16.3. The highest BCUT2D eigenvalue weighted by Crippen LogP contribution is 2.22. The normalized spacial score (nSPS) is 20.7. The number of nitrogens with zero attached hydrogens (tertiary/aromatic N) is 1. The van der Waals surface area contributed by atoms with E-state index < -0.39 is 0 Å². The minimum atomic E-state index is 0.761. The van der Waals surface area contributed by atoms with E-state index in [2.05, 4.69) is 36.2 Å². The topological polar surface area (TPSA) is 28.4 Å². The maximum Gasteiger partial charge on any atom is 0.118 e. The van der Waals surface area contributed by atoms with Crippen LogP contribution in [0.25, 0.3) is 0 Å². The fraction of sp³-hybridized carbons (Fsp3) is 0.733. The third kappa shape index (κ3) is 3.59. The first-order valence-electron chi connectivity index (χ1n) is 7.35. The highest BCUT2D eigenvalue weighted by molar-refractivity contribution is 5.07. The Hall–Kier alpha value is -0.800. The second-order valence-corrected chi connectivity index (χ2v) is 5.22. The Morgan fingerprint density at radius 1 is 1.33 bits per heavy atom. The summed E-state index contributed by atoms with van der Waals surface area (Å²) in [6, 6.07) is 5.00. The maximum absolute atomic E-state index is 5.88. The average Bonchev–Trinajstić information content (AvgIpc) is 2.99. The summed E-state index contributed by atoms with van der Waals surface area (Å²) < 4.78 is 5.88. The predicted octanol–water partition coefficient (Wildman–Crippen LogP) is 3.15. The molecular weight excluding hydrogens is 224 g/mol. The van der Waals surface area contributed by atoms with Gasteiger partial charge in [0.05, 0.1) is 13.1 Å². The number of hydrogen-bond acceptors (Lipinski definition) is 3. The maximum atomic E-state index is 5.88. The molecule has 102 valence electrons. The molecule has 1 saturated heterocycles. The molecule has 0 aromatic carbocycles. The Morgan fingerprint density at radius 3 is 2.94 bits per heavy atom. The quantitative estimate of drug-likeness (QED) is 0.754. The largest absolute Gasteiger partial charge is 0.463 e. The van der Waals surface area contributed by atoms with Crippen molar-refractivity contribution in [2.45, 2.75) is 58.7 Å². The summed E-state index contributed by atoms with van der Waals surface area (Å²) in [5.41, 5.74) is 0. The fourth-order valence-corrected chi connectivity index (χ4v) is 2.76. The number of likely N-dealkylation sites (tertiary alicyclic amines) is 1. The number of hydrogen-bond donors (Lipinski definition) is 1. The van der Waals surface area contributed by atoms with E-state index in [1.165, 1.54) is 32.2 Å². The van der Waals surface area contributed by atoms with Gasteiger partial charge in [0.15, 0.2) is 0 Å². The summed E-state index contributed by atoms with van der Waals surface area (Å²) in [5.74, 6) is 2.18. The first kappa shape index (κ1) is 13.6. The fourth-order valence-electron chi connectivity index (χ4n) is 2.76. The molecule has 1 aliphatic rings. The highest BCUT2D eigenvalue weighted by Gasteiger charge is 2.23. The Kier molecular flexibility index (Phi) is 5.26. The van der Waals surface area contributed by atoms with E-state index in [0.29, 0.717) is 0 Å². The van der Waals surface area contributed by atoms with Gasteiger partial charge in [0.2, 0.25) is 0 Å². The van der Waals surface area contributed by atoms with Crippen LogP contribution < -0.4 is 5.32 Å². The van der Waals surface area contributed by atoms with Crippen molar-refractivity contribution < 1.29 is 4.42 Å². The van der Waals surface area contributed by atoms with Gasteiger partial charge >= 0.3 is 0 Å². The Bertz CT molecular complexity index is 348. The van der Waals surface area contributed by atoms with Crippen LogP contribution in [0, 0.1) is 0 Å². The lowest BCUT2D eigenvalue weighted by molar-refractivity contribution is 0.219.